The van der Waals surface area contributed by atoms with E-state index in [2.05, 4.69) is 66.2 Å². The Morgan fingerprint density at radius 2 is 1.70 bits per heavy atom. The molecule has 4 rings (SSSR count). The van der Waals surface area contributed by atoms with Crippen LogP contribution in [0.15, 0.2) is 84.9 Å². The average molecular weight is 438 g/mol. The number of hydrogen-bond donors (Lipinski definition) is 1. The summed E-state index contributed by atoms with van der Waals surface area (Å²) >= 11 is 0. The fraction of sp³-hybridized carbons (Fsp3) is 0.241. The maximum atomic E-state index is 12.1. The van der Waals surface area contributed by atoms with E-state index in [1.165, 1.54) is 11.1 Å². The first-order valence-corrected chi connectivity index (χ1v) is 11.6. The van der Waals surface area contributed by atoms with Crippen molar-refractivity contribution in [2.75, 3.05) is 6.54 Å². The number of imidazole rings is 1. The Bertz CT molecular complexity index is 1220. The molecule has 0 saturated carbocycles. The van der Waals surface area contributed by atoms with Gasteiger partial charge in [-0.05, 0) is 47.2 Å². The number of fused-ring (bicyclic) bond motifs is 1. The highest BCUT2D eigenvalue weighted by molar-refractivity contribution is 5.91. The molecule has 0 aliphatic heterocycles. The summed E-state index contributed by atoms with van der Waals surface area (Å²) in [7, 11) is 0. The largest absolute Gasteiger partial charge is 0.353 e. The molecule has 0 saturated heterocycles. The van der Waals surface area contributed by atoms with Gasteiger partial charge in [0.05, 0.1) is 11.0 Å². The second kappa shape index (κ2) is 10.8. The number of nitrogens with one attached hydrogen (secondary N) is 1. The summed E-state index contributed by atoms with van der Waals surface area (Å²) in [6.45, 7) is 5.84. The van der Waals surface area contributed by atoms with Crippen LogP contribution in [0.1, 0.15) is 48.7 Å². The number of benzene rings is 3. The monoisotopic (exact) mass is 437 g/mol. The number of hydrogen-bond acceptors (Lipinski definition) is 2. The van der Waals surface area contributed by atoms with E-state index in [1.807, 2.05) is 42.5 Å². The number of carbonyl (C=O) groups excluding carboxylic acids is 1. The van der Waals surface area contributed by atoms with E-state index in [1.54, 1.807) is 6.08 Å². The van der Waals surface area contributed by atoms with Gasteiger partial charge in [-0.3, -0.25) is 4.79 Å². The second-order valence-electron chi connectivity index (χ2n) is 8.64. The lowest BCUT2D eigenvalue weighted by Gasteiger charge is -2.11. The Hall–Kier alpha value is -3.66. The number of nitrogens with zero attached hydrogens (tertiary/aromatic N) is 2. The number of aromatic nitrogens is 2. The van der Waals surface area contributed by atoms with Crippen LogP contribution < -0.4 is 5.32 Å². The van der Waals surface area contributed by atoms with E-state index in [0.717, 1.165) is 41.8 Å². The first kappa shape index (κ1) is 22.5. The van der Waals surface area contributed by atoms with Gasteiger partial charge >= 0.3 is 0 Å². The molecule has 1 N–H and O–H groups in total. The molecule has 4 aromatic rings. The van der Waals surface area contributed by atoms with E-state index in [4.69, 9.17) is 4.98 Å². The number of amides is 1. The third-order valence-electron chi connectivity index (χ3n) is 5.82. The van der Waals surface area contributed by atoms with Gasteiger partial charge in [-0.25, -0.2) is 4.98 Å². The van der Waals surface area contributed by atoms with Gasteiger partial charge in [-0.1, -0.05) is 80.6 Å². The summed E-state index contributed by atoms with van der Waals surface area (Å²) in [6, 6.07) is 27.0. The summed E-state index contributed by atoms with van der Waals surface area (Å²) in [5, 5.41) is 2.98. The lowest BCUT2D eigenvalue weighted by Crippen LogP contribution is -2.22. The molecule has 4 heteroatoms. The summed E-state index contributed by atoms with van der Waals surface area (Å²) < 4.78 is 2.30. The standard InChI is InChI=1S/C29H31N3O/c1-22(2)25-17-14-24(15-18-25)21-32-27-12-7-6-11-26(27)31-28(32)13-8-20-30-29(33)19-16-23-9-4-3-5-10-23/h3-7,9-12,14-19,22H,8,13,20-21H2,1-2H3,(H,30,33)/b19-16+. The number of carbonyl (C=O) groups is 1. The molecule has 0 atom stereocenters. The van der Waals surface area contributed by atoms with Crippen molar-refractivity contribution in [3.8, 4) is 0 Å². The van der Waals surface area contributed by atoms with Crippen LogP contribution in [-0.2, 0) is 17.8 Å². The lowest BCUT2D eigenvalue weighted by atomic mass is 10.0. The van der Waals surface area contributed by atoms with Gasteiger partial charge in [0.15, 0.2) is 0 Å². The Kier molecular flexibility index (Phi) is 7.36. The third-order valence-corrected chi connectivity index (χ3v) is 5.82. The topological polar surface area (TPSA) is 46.9 Å². The Morgan fingerprint density at radius 1 is 0.970 bits per heavy atom. The molecule has 0 aliphatic rings. The zero-order valence-corrected chi connectivity index (χ0v) is 19.4. The second-order valence-corrected chi connectivity index (χ2v) is 8.64. The summed E-state index contributed by atoms with van der Waals surface area (Å²) in [4.78, 5) is 17.0. The molecule has 0 aliphatic carbocycles. The average Bonchev–Trinajstić information content (AvgIpc) is 3.18. The normalized spacial score (nSPS) is 11.5. The lowest BCUT2D eigenvalue weighted by molar-refractivity contribution is -0.116. The molecule has 3 aromatic carbocycles. The van der Waals surface area contributed by atoms with Gasteiger partial charge in [0.2, 0.25) is 5.91 Å². The van der Waals surface area contributed by atoms with Crippen molar-refractivity contribution in [3.05, 3.63) is 107 Å². The molecule has 0 radical (unpaired) electrons. The molecule has 0 bridgehead atoms. The van der Waals surface area contributed by atoms with Crippen molar-refractivity contribution in [3.63, 3.8) is 0 Å². The molecular weight excluding hydrogens is 406 g/mol. The van der Waals surface area contributed by atoms with Crippen LogP contribution >= 0.6 is 0 Å². The zero-order valence-electron chi connectivity index (χ0n) is 19.4. The third kappa shape index (κ3) is 5.98. The molecule has 33 heavy (non-hydrogen) atoms. The van der Waals surface area contributed by atoms with Gasteiger partial charge in [0, 0.05) is 25.6 Å². The molecule has 0 fully saturated rings. The molecule has 168 valence electrons. The van der Waals surface area contributed by atoms with Gasteiger partial charge in [-0.2, -0.15) is 0 Å². The van der Waals surface area contributed by atoms with Crippen LogP contribution in [0.25, 0.3) is 17.1 Å². The van der Waals surface area contributed by atoms with E-state index in [-0.39, 0.29) is 5.91 Å². The van der Waals surface area contributed by atoms with Gasteiger partial charge in [0.1, 0.15) is 5.82 Å². The van der Waals surface area contributed by atoms with E-state index in [0.29, 0.717) is 12.5 Å². The maximum Gasteiger partial charge on any atom is 0.243 e. The Morgan fingerprint density at radius 3 is 2.45 bits per heavy atom. The highest BCUT2D eigenvalue weighted by atomic mass is 16.1. The van der Waals surface area contributed by atoms with Gasteiger partial charge in [0.25, 0.3) is 0 Å². The quantitative estimate of drug-likeness (QED) is 0.259. The number of para-hydroxylation sites is 2. The fourth-order valence-electron chi connectivity index (χ4n) is 3.94. The smallest absolute Gasteiger partial charge is 0.243 e. The minimum Gasteiger partial charge on any atom is -0.353 e. The van der Waals surface area contributed by atoms with Crippen molar-refractivity contribution < 1.29 is 4.79 Å². The first-order chi connectivity index (χ1) is 16.1. The van der Waals surface area contributed by atoms with E-state index < -0.39 is 0 Å². The molecule has 4 nitrogen and oxygen atoms in total. The Labute approximate surface area is 196 Å². The summed E-state index contributed by atoms with van der Waals surface area (Å²) in [5.41, 5.74) is 5.80. The summed E-state index contributed by atoms with van der Waals surface area (Å²) in [5.74, 6) is 1.51. The predicted octanol–water partition coefficient (Wildman–Crippen LogP) is 5.97. The molecule has 0 unspecified atom stereocenters. The number of aryl methyl sites for hydroxylation is 1. The van der Waals surface area contributed by atoms with Crippen LogP contribution in [0.4, 0.5) is 0 Å². The van der Waals surface area contributed by atoms with Crippen LogP contribution in [0.5, 0.6) is 0 Å². The highest BCUT2D eigenvalue weighted by Crippen LogP contribution is 2.20. The van der Waals surface area contributed by atoms with Gasteiger partial charge in [-0.15, -0.1) is 0 Å². The van der Waals surface area contributed by atoms with Crippen LogP contribution in [0.3, 0.4) is 0 Å². The minimum absolute atomic E-state index is 0.0717. The summed E-state index contributed by atoms with van der Waals surface area (Å²) in [6.07, 6.45) is 5.06. The zero-order chi connectivity index (χ0) is 23.0. The van der Waals surface area contributed by atoms with Crippen molar-refractivity contribution in [2.45, 2.75) is 39.2 Å². The van der Waals surface area contributed by atoms with Crippen LogP contribution in [0, 0.1) is 0 Å². The van der Waals surface area contributed by atoms with Crippen molar-refractivity contribution in [1.29, 1.82) is 0 Å². The first-order valence-electron chi connectivity index (χ1n) is 11.6. The molecule has 1 amide bonds. The van der Waals surface area contributed by atoms with Crippen LogP contribution in [-0.4, -0.2) is 22.0 Å². The van der Waals surface area contributed by atoms with E-state index in [9.17, 15) is 4.79 Å². The number of rotatable bonds is 9. The molecular formula is C29H31N3O. The van der Waals surface area contributed by atoms with E-state index >= 15 is 0 Å². The predicted molar refractivity (Wildman–Crippen MR) is 136 cm³/mol. The molecule has 1 aromatic heterocycles. The minimum atomic E-state index is -0.0717. The fourth-order valence-corrected chi connectivity index (χ4v) is 3.94. The van der Waals surface area contributed by atoms with Crippen molar-refractivity contribution in [2.24, 2.45) is 0 Å². The molecule has 1 heterocycles. The Balaban J connectivity index is 1.39. The highest BCUT2D eigenvalue weighted by Gasteiger charge is 2.11. The maximum absolute atomic E-state index is 12.1. The van der Waals surface area contributed by atoms with Crippen molar-refractivity contribution in [1.82, 2.24) is 14.9 Å². The SMILES string of the molecule is CC(C)c1ccc(Cn2c(CCCNC(=O)/C=C/c3ccccc3)nc3ccccc32)cc1. The van der Waals surface area contributed by atoms with Crippen molar-refractivity contribution >= 4 is 23.0 Å². The molecule has 0 spiro atoms. The van der Waals surface area contributed by atoms with Gasteiger partial charge < -0.3 is 9.88 Å². The van der Waals surface area contributed by atoms with Crippen LogP contribution in [0.2, 0.25) is 0 Å².